The number of unbranched alkanes of at least 4 members (excludes halogenated alkanes) is 2. The number of hydrogen-bond acceptors (Lipinski definition) is 3. The molecule has 0 aliphatic rings. The average Bonchev–Trinajstić information content (AvgIpc) is 2.09. The molecule has 0 spiro atoms. The third-order valence-corrected chi connectivity index (χ3v) is 1.62. The zero-order valence-corrected chi connectivity index (χ0v) is 7.83. The lowest BCUT2D eigenvalue weighted by Crippen LogP contribution is -2.12. The molecule has 0 heterocycles. The molecule has 0 aliphatic heterocycles. The number of aliphatic hydroxyl groups excluding tert-OH is 2. The molecule has 0 amide bonds. The van der Waals surface area contributed by atoms with Crippen LogP contribution in [0.15, 0.2) is 0 Å². The van der Waals surface area contributed by atoms with E-state index in [1.54, 1.807) is 0 Å². The first kappa shape index (κ1) is 11.9. The van der Waals surface area contributed by atoms with Gasteiger partial charge in [-0.05, 0) is 25.7 Å². The van der Waals surface area contributed by atoms with E-state index in [1.807, 2.05) is 6.92 Å². The van der Waals surface area contributed by atoms with Gasteiger partial charge in [0.15, 0.2) is 6.29 Å². The number of aliphatic hydroxyl groups is 2. The molecule has 3 heteroatoms. The zero-order valence-electron chi connectivity index (χ0n) is 7.83. The molecule has 2 N–H and O–H groups in total. The average molecular weight is 176 g/mol. The van der Waals surface area contributed by atoms with Crippen LogP contribution in [-0.2, 0) is 4.74 Å². The molecule has 0 aromatic carbocycles. The summed E-state index contributed by atoms with van der Waals surface area (Å²) in [5, 5.41) is 17.7. The molecule has 0 saturated carbocycles. The van der Waals surface area contributed by atoms with Crippen LogP contribution in [-0.4, -0.2) is 29.7 Å². The molecule has 12 heavy (non-hydrogen) atoms. The Kier molecular flexibility index (Phi) is 8.88. The molecule has 3 nitrogen and oxygen atoms in total. The molecular weight excluding hydrogens is 156 g/mol. The highest BCUT2D eigenvalue weighted by molar-refractivity contribution is 4.45. The highest BCUT2D eigenvalue weighted by Crippen LogP contribution is 2.04. The fourth-order valence-corrected chi connectivity index (χ4v) is 0.945. The zero-order chi connectivity index (χ0) is 9.23. The fourth-order valence-electron chi connectivity index (χ4n) is 0.945. The summed E-state index contributed by atoms with van der Waals surface area (Å²) in [5.41, 5.74) is 0. The third-order valence-electron chi connectivity index (χ3n) is 1.62. The lowest BCUT2D eigenvalue weighted by Gasteiger charge is -2.10. The maximum Gasteiger partial charge on any atom is 0.154 e. The monoisotopic (exact) mass is 176 g/mol. The van der Waals surface area contributed by atoms with Gasteiger partial charge in [-0.15, -0.1) is 0 Å². The molecule has 0 aromatic heterocycles. The maximum atomic E-state index is 9.19. The quantitative estimate of drug-likeness (QED) is 0.432. The smallest absolute Gasteiger partial charge is 0.154 e. The van der Waals surface area contributed by atoms with E-state index in [0.717, 1.165) is 25.7 Å². The van der Waals surface area contributed by atoms with E-state index in [9.17, 15) is 5.11 Å². The number of hydrogen-bond donors (Lipinski definition) is 2. The Morgan fingerprint density at radius 3 is 2.58 bits per heavy atom. The second kappa shape index (κ2) is 8.97. The molecule has 74 valence electrons. The van der Waals surface area contributed by atoms with Crippen molar-refractivity contribution < 1.29 is 14.9 Å². The van der Waals surface area contributed by atoms with Crippen LogP contribution < -0.4 is 0 Å². The third kappa shape index (κ3) is 7.98. The van der Waals surface area contributed by atoms with Crippen molar-refractivity contribution in [3.63, 3.8) is 0 Å². The first-order chi connectivity index (χ1) is 5.81. The van der Waals surface area contributed by atoms with Gasteiger partial charge in [-0.25, -0.2) is 0 Å². The minimum atomic E-state index is -0.608. The minimum Gasteiger partial charge on any atom is -0.396 e. The molecule has 0 aromatic rings. The van der Waals surface area contributed by atoms with Gasteiger partial charge in [-0.2, -0.15) is 0 Å². The molecule has 0 radical (unpaired) electrons. The van der Waals surface area contributed by atoms with Crippen molar-refractivity contribution in [1.29, 1.82) is 0 Å². The Morgan fingerprint density at radius 1 is 1.25 bits per heavy atom. The summed E-state index contributed by atoms with van der Waals surface area (Å²) >= 11 is 0. The van der Waals surface area contributed by atoms with E-state index < -0.39 is 6.29 Å². The topological polar surface area (TPSA) is 49.7 Å². The predicted octanol–water partition coefficient (Wildman–Crippen LogP) is 1.28. The molecule has 1 atom stereocenters. The van der Waals surface area contributed by atoms with Crippen molar-refractivity contribution in [1.82, 2.24) is 0 Å². The van der Waals surface area contributed by atoms with Gasteiger partial charge >= 0.3 is 0 Å². The van der Waals surface area contributed by atoms with Gasteiger partial charge in [0.1, 0.15) is 0 Å². The summed E-state index contributed by atoms with van der Waals surface area (Å²) in [4.78, 5) is 0. The van der Waals surface area contributed by atoms with Crippen LogP contribution in [0.4, 0.5) is 0 Å². The van der Waals surface area contributed by atoms with Crippen LogP contribution in [0.25, 0.3) is 0 Å². The number of ether oxygens (including phenoxy) is 1. The molecular formula is C9H20O3. The Bertz CT molecular complexity index is 85.8. The second-order valence-corrected chi connectivity index (χ2v) is 2.90. The predicted molar refractivity (Wildman–Crippen MR) is 47.8 cm³/mol. The molecule has 0 fully saturated rings. The lowest BCUT2D eigenvalue weighted by atomic mass is 10.2. The fraction of sp³-hybridized carbons (Fsp3) is 1.00. The van der Waals surface area contributed by atoms with E-state index >= 15 is 0 Å². The van der Waals surface area contributed by atoms with Crippen molar-refractivity contribution in [2.75, 3.05) is 13.2 Å². The second-order valence-electron chi connectivity index (χ2n) is 2.90. The Hall–Kier alpha value is -0.120. The van der Waals surface area contributed by atoms with Crippen molar-refractivity contribution >= 4 is 0 Å². The Labute approximate surface area is 74.4 Å². The van der Waals surface area contributed by atoms with Crippen LogP contribution in [0.3, 0.4) is 0 Å². The van der Waals surface area contributed by atoms with Crippen LogP contribution >= 0.6 is 0 Å². The normalized spacial score (nSPS) is 13.2. The Morgan fingerprint density at radius 2 is 2.00 bits per heavy atom. The van der Waals surface area contributed by atoms with Crippen LogP contribution in [0, 0.1) is 0 Å². The van der Waals surface area contributed by atoms with Gasteiger partial charge in [-0.1, -0.05) is 13.3 Å². The van der Waals surface area contributed by atoms with Crippen molar-refractivity contribution in [3.05, 3.63) is 0 Å². The summed E-state index contributed by atoms with van der Waals surface area (Å²) in [6.07, 6.45) is 3.71. The largest absolute Gasteiger partial charge is 0.396 e. The summed E-state index contributed by atoms with van der Waals surface area (Å²) in [6, 6.07) is 0. The molecule has 0 saturated heterocycles. The maximum absolute atomic E-state index is 9.19. The van der Waals surface area contributed by atoms with E-state index in [4.69, 9.17) is 9.84 Å². The molecule has 0 rings (SSSR count). The van der Waals surface area contributed by atoms with Crippen LogP contribution in [0.5, 0.6) is 0 Å². The van der Waals surface area contributed by atoms with Crippen molar-refractivity contribution in [2.24, 2.45) is 0 Å². The lowest BCUT2D eigenvalue weighted by molar-refractivity contribution is -0.104. The van der Waals surface area contributed by atoms with E-state index in [0.29, 0.717) is 13.0 Å². The summed E-state index contributed by atoms with van der Waals surface area (Å²) < 4.78 is 5.06. The summed E-state index contributed by atoms with van der Waals surface area (Å²) in [7, 11) is 0. The number of rotatable bonds is 8. The highest BCUT2D eigenvalue weighted by atomic mass is 16.6. The van der Waals surface area contributed by atoms with Gasteiger partial charge in [0.2, 0.25) is 0 Å². The van der Waals surface area contributed by atoms with Gasteiger partial charge in [0, 0.05) is 13.2 Å². The van der Waals surface area contributed by atoms with E-state index in [2.05, 4.69) is 0 Å². The first-order valence-corrected chi connectivity index (χ1v) is 4.71. The molecule has 0 aliphatic carbocycles. The van der Waals surface area contributed by atoms with Crippen LogP contribution in [0.2, 0.25) is 0 Å². The van der Waals surface area contributed by atoms with Gasteiger partial charge in [0.25, 0.3) is 0 Å². The standard InChI is InChI=1S/C9H20O3/c1-2-8-12-9(11)6-4-3-5-7-10/h9-11H,2-8H2,1H3. The van der Waals surface area contributed by atoms with Gasteiger partial charge in [-0.3, -0.25) is 0 Å². The first-order valence-electron chi connectivity index (χ1n) is 4.71. The highest BCUT2D eigenvalue weighted by Gasteiger charge is 2.01. The van der Waals surface area contributed by atoms with Gasteiger partial charge < -0.3 is 14.9 Å². The molecule has 0 bridgehead atoms. The van der Waals surface area contributed by atoms with Crippen molar-refractivity contribution in [2.45, 2.75) is 45.3 Å². The summed E-state index contributed by atoms with van der Waals surface area (Å²) in [6.45, 7) is 2.88. The van der Waals surface area contributed by atoms with Gasteiger partial charge in [0.05, 0.1) is 0 Å². The Balaban J connectivity index is 3.02. The minimum absolute atomic E-state index is 0.242. The van der Waals surface area contributed by atoms with Crippen LogP contribution in [0.1, 0.15) is 39.0 Å². The van der Waals surface area contributed by atoms with E-state index in [1.165, 1.54) is 0 Å². The molecule has 1 unspecified atom stereocenters. The summed E-state index contributed by atoms with van der Waals surface area (Å²) in [5.74, 6) is 0. The SMILES string of the molecule is CCCOC(O)CCCCCO. The van der Waals surface area contributed by atoms with Crippen molar-refractivity contribution in [3.8, 4) is 0 Å². The van der Waals surface area contributed by atoms with E-state index in [-0.39, 0.29) is 6.61 Å².